The van der Waals surface area contributed by atoms with Crippen molar-refractivity contribution in [2.45, 2.75) is 38.9 Å². The maximum Gasteiger partial charge on any atom is 0.255 e. The number of hydrogen-bond acceptors (Lipinski definition) is 3. The second-order valence-electron chi connectivity index (χ2n) is 7.19. The summed E-state index contributed by atoms with van der Waals surface area (Å²) < 4.78 is 18.8. The molecular weight excluding hydrogens is 359 g/mol. The summed E-state index contributed by atoms with van der Waals surface area (Å²) in [6.45, 7) is 6.19. The Morgan fingerprint density at radius 1 is 1.12 bits per heavy atom. The van der Waals surface area contributed by atoms with Gasteiger partial charge in [0, 0.05) is 32.1 Å². The Morgan fingerprint density at radius 3 is 2.31 bits per heavy atom. The van der Waals surface area contributed by atoms with Gasteiger partial charge in [-0.2, -0.15) is 0 Å². The number of morpholine rings is 1. The van der Waals surface area contributed by atoms with Crippen LogP contribution in [0.25, 0.3) is 0 Å². The monoisotopic (exact) mass is 382 g/mol. The van der Waals surface area contributed by atoms with E-state index in [2.05, 4.69) is 0 Å². The van der Waals surface area contributed by atoms with E-state index in [0.29, 0.717) is 44.6 Å². The number of ether oxygens (including phenoxy) is 1. The molecule has 2 fully saturated rings. The molecule has 1 aromatic rings. The number of benzene rings is 1. The fraction of sp³-hybridized carbons (Fsp3) is 0.579. The molecule has 0 bridgehead atoms. The van der Waals surface area contributed by atoms with Crippen LogP contribution >= 0.6 is 11.6 Å². The lowest BCUT2D eigenvalue weighted by Crippen LogP contribution is -2.51. The van der Waals surface area contributed by atoms with Crippen molar-refractivity contribution >= 4 is 23.4 Å². The second kappa shape index (κ2) is 7.92. The van der Waals surface area contributed by atoms with E-state index < -0.39 is 5.82 Å². The summed E-state index contributed by atoms with van der Waals surface area (Å²) in [6.07, 6.45) is 1.35. The number of hydrogen-bond donors (Lipinski definition) is 0. The first kappa shape index (κ1) is 19.1. The van der Waals surface area contributed by atoms with E-state index in [4.69, 9.17) is 16.3 Å². The molecular formula is C19H24ClFN2O3. The molecule has 26 heavy (non-hydrogen) atoms. The summed E-state index contributed by atoms with van der Waals surface area (Å²) in [7, 11) is 0. The van der Waals surface area contributed by atoms with Crippen molar-refractivity contribution in [3.05, 3.63) is 34.6 Å². The van der Waals surface area contributed by atoms with E-state index in [0.717, 1.165) is 6.07 Å². The van der Waals surface area contributed by atoms with E-state index in [1.165, 1.54) is 12.1 Å². The molecule has 0 spiro atoms. The SMILES string of the molecule is CC1CN(C(=O)C2CCN(C(=O)c3ccc(F)cc3Cl)CC2)CC(C)O1. The van der Waals surface area contributed by atoms with Crippen LogP contribution in [-0.4, -0.2) is 60.0 Å². The lowest BCUT2D eigenvalue weighted by atomic mass is 9.94. The molecule has 2 heterocycles. The van der Waals surface area contributed by atoms with Crippen molar-refractivity contribution in [3.63, 3.8) is 0 Å². The van der Waals surface area contributed by atoms with Gasteiger partial charge in [-0.15, -0.1) is 0 Å². The van der Waals surface area contributed by atoms with Gasteiger partial charge in [0.15, 0.2) is 0 Å². The third kappa shape index (κ3) is 4.18. The number of carbonyl (C=O) groups excluding carboxylic acids is 2. The van der Waals surface area contributed by atoms with Gasteiger partial charge >= 0.3 is 0 Å². The minimum Gasteiger partial charge on any atom is -0.372 e. The Labute approximate surface area is 158 Å². The first-order chi connectivity index (χ1) is 12.3. The zero-order valence-electron chi connectivity index (χ0n) is 15.1. The summed E-state index contributed by atoms with van der Waals surface area (Å²) in [5.74, 6) is -0.599. The number of carbonyl (C=O) groups is 2. The van der Waals surface area contributed by atoms with Crippen LogP contribution < -0.4 is 0 Å². The molecule has 142 valence electrons. The molecule has 2 unspecified atom stereocenters. The molecule has 2 aliphatic rings. The Kier molecular flexibility index (Phi) is 5.82. The summed E-state index contributed by atoms with van der Waals surface area (Å²) in [4.78, 5) is 29.0. The Hall–Kier alpha value is -1.66. The number of nitrogens with zero attached hydrogens (tertiary/aromatic N) is 2. The van der Waals surface area contributed by atoms with Gasteiger partial charge < -0.3 is 14.5 Å². The molecule has 0 aliphatic carbocycles. The van der Waals surface area contributed by atoms with Gasteiger partial charge in [0.2, 0.25) is 5.91 Å². The quantitative estimate of drug-likeness (QED) is 0.790. The third-order valence-corrected chi connectivity index (χ3v) is 5.34. The fourth-order valence-electron chi connectivity index (χ4n) is 3.78. The lowest BCUT2D eigenvalue weighted by molar-refractivity contribution is -0.148. The third-order valence-electron chi connectivity index (χ3n) is 5.02. The lowest BCUT2D eigenvalue weighted by Gasteiger charge is -2.39. The van der Waals surface area contributed by atoms with Gasteiger partial charge in [-0.3, -0.25) is 9.59 Å². The van der Waals surface area contributed by atoms with Crippen LogP contribution in [0.1, 0.15) is 37.0 Å². The Balaban J connectivity index is 1.58. The van der Waals surface area contributed by atoms with Crippen LogP contribution in [0.3, 0.4) is 0 Å². The molecule has 3 rings (SSSR count). The molecule has 5 nitrogen and oxygen atoms in total. The highest BCUT2D eigenvalue weighted by atomic mass is 35.5. The molecule has 7 heteroatoms. The number of likely N-dealkylation sites (tertiary alicyclic amines) is 1. The Morgan fingerprint density at radius 2 is 1.73 bits per heavy atom. The summed E-state index contributed by atoms with van der Waals surface area (Å²) in [6, 6.07) is 3.79. The summed E-state index contributed by atoms with van der Waals surface area (Å²) in [5, 5.41) is 0.115. The summed E-state index contributed by atoms with van der Waals surface area (Å²) >= 11 is 5.99. The predicted molar refractivity (Wildman–Crippen MR) is 96.6 cm³/mol. The normalized spacial score (nSPS) is 24.6. The molecule has 1 aromatic carbocycles. The molecule has 2 aliphatic heterocycles. The molecule has 0 saturated carbocycles. The topological polar surface area (TPSA) is 49.9 Å². The van der Waals surface area contributed by atoms with E-state index in [-0.39, 0.29) is 35.0 Å². The maximum absolute atomic E-state index is 13.2. The standard InChI is InChI=1S/C19H24ClFN2O3/c1-12-10-23(11-13(2)26-12)18(24)14-5-7-22(8-6-14)19(25)16-4-3-15(21)9-17(16)20/h3-4,9,12-14H,5-8,10-11H2,1-2H3. The minimum absolute atomic E-state index is 0.0463. The van der Waals surface area contributed by atoms with E-state index >= 15 is 0 Å². The fourth-order valence-corrected chi connectivity index (χ4v) is 4.03. The van der Waals surface area contributed by atoms with Gasteiger partial charge in [0.05, 0.1) is 22.8 Å². The van der Waals surface area contributed by atoms with Gasteiger partial charge in [0.25, 0.3) is 5.91 Å². The van der Waals surface area contributed by atoms with Crippen molar-refractivity contribution in [1.82, 2.24) is 9.80 Å². The first-order valence-corrected chi connectivity index (χ1v) is 9.41. The van der Waals surface area contributed by atoms with Crippen LogP contribution in [0.5, 0.6) is 0 Å². The van der Waals surface area contributed by atoms with Gasteiger partial charge in [-0.1, -0.05) is 11.6 Å². The zero-order chi connectivity index (χ0) is 18.8. The average molecular weight is 383 g/mol. The van der Waals surface area contributed by atoms with E-state index in [1.807, 2.05) is 18.7 Å². The maximum atomic E-state index is 13.2. The van der Waals surface area contributed by atoms with Crippen LogP contribution in [-0.2, 0) is 9.53 Å². The highest BCUT2D eigenvalue weighted by Crippen LogP contribution is 2.25. The number of piperidine rings is 1. The van der Waals surface area contributed by atoms with Gasteiger partial charge in [-0.05, 0) is 44.9 Å². The first-order valence-electron chi connectivity index (χ1n) is 9.03. The van der Waals surface area contributed by atoms with Crippen molar-refractivity contribution < 1.29 is 18.7 Å². The van der Waals surface area contributed by atoms with Crippen LogP contribution in [0.2, 0.25) is 5.02 Å². The van der Waals surface area contributed by atoms with Gasteiger partial charge in [0.1, 0.15) is 5.82 Å². The van der Waals surface area contributed by atoms with Crippen molar-refractivity contribution in [3.8, 4) is 0 Å². The van der Waals surface area contributed by atoms with Crippen molar-refractivity contribution in [1.29, 1.82) is 0 Å². The molecule has 0 N–H and O–H groups in total. The van der Waals surface area contributed by atoms with Crippen LogP contribution in [0.4, 0.5) is 4.39 Å². The smallest absolute Gasteiger partial charge is 0.255 e. The molecule has 0 radical (unpaired) electrons. The van der Waals surface area contributed by atoms with Crippen molar-refractivity contribution in [2.24, 2.45) is 5.92 Å². The molecule has 2 saturated heterocycles. The average Bonchev–Trinajstić information content (AvgIpc) is 2.60. The Bertz CT molecular complexity index is 681. The predicted octanol–water partition coefficient (Wildman–Crippen LogP) is 2.97. The summed E-state index contributed by atoms with van der Waals surface area (Å²) in [5.41, 5.74) is 0.300. The zero-order valence-corrected chi connectivity index (χ0v) is 15.8. The van der Waals surface area contributed by atoms with Crippen LogP contribution in [0.15, 0.2) is 18.2 Å². The van der Waals surface area contributed by atoms with Gasteiger partial charge in [-0.25, -0.2) is 4.39 Å². The second-order valence-corrected chi connectivity index (χ2v) is 7.60. The highest BCUT2D eigenvalue weighted by Gasteiger charge is 2.34. The minimum atomic E-state index is -0.468. The number of rotatable bonds is 2. The van der Waals surface area contributed by atoms with Crippen molar-refractivity contribution in [2.75, 3.05) is 26.2 Å². The van der Waals surface area contributed by atoms with Crippen LogP contribution in [0, 0.1) is 11.7 Å². The molecule has 2 amide bonds. The largest absolute Gasteiger partial charge is 0.372 e. The van der Waals surface area contributed by atoms with E-state index in [1.54, 1.807) is 4.90 Å². The molecule has 0 aromatic heterocycles. The molecule has 2 atom stereocenters. The number of halogens is 2. The highest BCUT2D eigenvalue weighted by molar-refractivity contribution is 6.33. The van der Waals surface area contributed by atoms with E-state index in [9.17, 15) is 14.0 Å². The number of amides is 2.